The van der Waals surface area contributed by atoms with Crippen LogP contribution >= 0.6 is 0 Å². The first-order valence-electron chi connectivity index (χ1n) is 4.51. The molecule has 1 nitrogen and oxygen atoms in total. The van der Waals surface area contributed by atoms with E-state index in [0.717, 1.165) is 11.8 Å². The average Bonchev–Trinajstić information content (AvgIpc) is 2.18. The van der Waals surface area contributed by atoms with Crippen molar-refractivity contribution in [1.29, 1.82) is 0 Å². The number of hydrogen-bond acceptors (Lipinski definition) is 1. The lowest BCUT2D eigenvalue weighted by Crippen LogP contribution is -1.74. The topological polar surface area (TPSA) is 17.1 Å². The Morgan fingerprint density at radius 2 is 1.92 bits per heavy atom. The molecular formula is C12H16O. The van der Waals surface area contributed by atoms with Crippen LogP contribution in [-0.2, 0) is 4.79 Å². The summed E-state index contributed by atoms with van der Waals surface area (Å²) in [5.41, 5.74) is 2.27. The molecule has 70 valence electrons. The van der Waals surface area contributed by atoms with Gasteiger partial charge in [0.25, 0.3) is 0 Å². The minimum absolute atomic E-state index is 0.780. The summed E-state index contributed by atoms with van der Waals surface area (Å²) in [5, 5.41) is 0. The van der Waals surface area contributed by atoms with Gasteiger partial charge in [-0.25, -0.2) is 0 Å². The summed E-state index contributed by atoms with van der Waals surface area (Å²) in [6, 6.07) is 7.99. The standard InChI is InChI=1S/C10H10O.C2H6/c1-9-4-2-5-10(8-9)6-3-7-11;1-2/h2-8H,1H3;1-2H3/b6-3+;. The molecule has 0 aliphatic carbocycles. The van der Waals surface area contributed by atoms with Crippen LogP contribution in [-0.4, -0.2) is 6.29 Å². The van der Waals surface area contributed by atoms with Crippen LogP contribution in [0.4, 0.5) is 0 Å². The summed E-state index contributed by atoms with van der Waals surface area (Å²) >= 11 is 0. The van der Waals surface area contributed by atoms with Gasteiger partial charge in [0.05, 0.1) is 0 Å². The largest absolute Gasteiger partial charge is 0.299 e. The Labute approximate surface area is 80.1 Å². The Kier molecular flexibility index (Phi) is 6.52. The van der Waals surface area contributed by atoms with Gasteiger partial charge in [-0.05, 0) is 18.6 Å². The summed E-state index contributed by atoms with van der Waals surface area (Å²) < 4.78 is 0. The van der Waals surface area contributed by atoms with Crippen LogP contribution in [0, 0.1) is 6.92 Å². The molecule has 0 N–H and O–H groups in total. The second kappa shape index (κ2) is 7.29. The Balaban J connectivity index is 0.000000671. The van der Waals surface area contributed by atoms with E-state index in [2.05, 4.69) is 0 Å². The summed E-state index contributed by atoms with van der Waals surface area (Å²) in [6.07, 6.45) is 4.07. The lowest BCUT2D eigenvalue weighted by atomic mass is 10.1. The van der Waals surface area contributed by atoms with Gasteiger partial charge in [-0.15, -0.1) is 0 Å². The maximum atomic E-state index is 9.98. The lowest BCUT2D eigenvalue weighted by Gasteiger charge is -1.93. The Morgan fingerprint density at radius 3 is 2.46 bits per heavy atom. The van der Waals surface area contributed by atoms with Crippen LogP contribution in [0.3, 0.4) is 0 Å². The van der Waals surface area contributed by atoms with E-state index in [9.17, 15) is 4.79 Å². The predicted octanol–water partition coefficient (Wildman–Crippen LogP) is 3.23. The minimum atomic E-state index is 0.780. The highest BCUT2D eigenvalue weighted by molar-refractivity contribution is 5.73. The third-order valence-corrected chi connectivity index (χ3v) is 1.41. The fourth-order valence-corrected chi connectivity index (χ4v) is 0.924. The molecule has 1 heteroatoms. The van der Waals surface area contributed by atoms with E-state index in [1.54, 1.807) is 6.08 Å². The zero-order valence-electron chi connectivity index (χ0n) is 8.45. The number of hydrogen-bond donors (Lipinski definition) is 0. The van der Waals surface area contributed by atoms with Crippen molar-refractivity contribution in [1.82, 2.24) is 0 Å². The molecule has 0 radical (unpaired) electrons. The second-order valence-corrected chi connectivity index (χ2v) is 2.41. The van der Waals surface area contributed by atoms with E-state index < -0.39 is 0 Å². The molecule has 0 unspecified atom stereocenters. The SMILES string of the molecule is CC.Cc1cccc(/C=C/C=O)c1. The molecule has 0 aromatic heterocycles. The number of aldehydes is 1. The Bertz CT molecular complexity index is 274. The average molecular weight is 176 g/mol. The molecule has 0 amide bonds. The van der Waals surface area contributed by atoms with Gasteiger partial charge >= 0.3 is 0 Å². The first-order chi connectivity index (χ1) is 6.33. The number of carbonyl (C=O) groups excluding carboxylic acids is 1. The van der Waals surface area contributed by atoms with Crippen molar-refractivity contribution in [2.75, 3.05) is 0 Å². The smallest absolute Gasteiger partial charge is 0.142 e. The first-order valence-corrected chi connectivity index (χ1v) is 4.51. The predicted molar refractivity (Wildman–Crippen MR) is 57.6 cm³/mol. The summed E-state index contributed by atoms with van der Waals surface area (Å²) in [4.78, 5) is 9.98. The van der Waals surface area contributed by atoms with Crippen molar-refractivity contribution in [3.63, 3.8) is 0 Å². The molecular weight excluding hydrogens is 160 g/mol. The van der Waals surface area contributed by atoms with Crippen molar-refractivity contribution in [2.24, 2.45) is 0 Å². The van der Waals surface area contributed by atoms with E-state index >= 15 is 0 Å². The first kappa shape index (κ1) is 11.6. The minimum Gasteiger partial charge on any atom is -0.299 e. The zero-order valence-corrected chi connectivity index (χ0v) is 8.45. The van der Waals surface area contributed by atoms with Crippen molar-refractivity contribution in [3.05, 3.63) is 41.5 Å². The highest BCUT2D eigenvalue weighted by Gasteiger charge is 1.85. The van der Waals surface area contributed by atoms with E-state index in [0.29, 0.717) is 0 Å². The maximum absolute atomic E-state index is 9.98. The Morgan fingerprint density at radius 1 is 1.23 bits per heavy atom. The molecule has 0 bridgehead atoms. The molecule has 0 saturated carbocycles. The van der Waals surface area contributed by atoms with Gasteiger partial charge in [-0.3, -0.25) is 4.79 Å². The lowest BCUT2D eigenvalue weighted by molar-refractivity contribution is -0.104. The summed E-state index contributed by atoms with van der Waals surface area (Å²) in [6.45, 7) is 6.03. The van der Waals surface area contributed by atoms with Gasteiger partial charge < -0.3 is 0 Å². The molecule has 1 aromatic carbocycles. The van der Waals surface area contributed by atoms with E-state index in [4.69, 9.17) is 0 Å². The van der Waals surface area contributed by atoms with Crippen LogP contribution in [0.15, 0.2) is 30.3 Å². The normalized spacial score (nSPS) is 9.15. The van der Waals surface area contributed by atoms with Gasteiger partial charge in [0.2, 0.25) is 0 Å². The van der Waals surface area contributed by atoms with Crippen molar-refractivity contribution < 1.29 is 4.79 Å². The van der Waals surface area contributed by atoms with Gasteiger partial charge in [-0.2, -0.15) is 0 Å². The molecule has 0 heterocycles. The van der Waals surface area contributed by atoms with Gasteiger partial charge in [0.15, 0.2) is 0 Å². The molecule has 0 saturated heterocycles. The Hall–Kier alpha value is -1.37. The second-order valence-electron chi connectivity index (χ2n) is 2.41. The molecule has 0 aliphatic rings. The number of aryl methyl sites for hydroxylation is 1. The quantitative estimate of drug-likeness (QED) is 0.499. The van der Waals surface area contributed by atoms with E-state index in [-0.39, 0.29) is 0 Å². The van der Waals surface area contributed by atoms with Gasteiger partial charge in [0, 0.05) is 0 Å². The monoisotopic (exact) mass is 176 g/mol. The van der Waals surface area contributed by atoms with Crippen LogP contribution in [0.1, 0.15) is 25.0 Å². The van der Waals surface area contributed by atoms with Gasteiger partial charge in [-0.1, -0.05) is 49.8 Å². The molecule has 1 rings (SSSR count). The fraction of sp³-hybridized carbons (Fsp3) is 0.250. The van der Waals surface area contributed by atoms with Crippen molar-refractivity contribution in [2.45, 2.75) is 20.8 Å². The number of benzene rings is 1. The van der Waals surface area contributed by atoms with Crippen molar-refractivity contribution in [3.8, 4) is 0 Å². The van der Waals surface area contributed by atoms with Crippen LogP contribution in [0.25, 0.3) is 6.08 Å². The van der Waals surface area contributed by atoms with Crippen LogP contribution < -0.4 is 0 Å². The van der Waals surface area contributed by atoms with Crippen LogP contribution in [0.5, 0.6) is 0 Å². The fourth-order valence-electron chi connectivity index (χ4n) is 0.924. The molecule has 0 spiro atoms. The third kappa shape index (κ3) is 4.96. The highest BCUT2D eigenvalue weighted by atomic mass is 16.1. The van der Waals surface area contributed by atoms with E-state index in [1.807, 2.05) is 45.0 Å². The van der Waals surface area contributed by atoms with Crippen molar-refractivity contribution >= 4 is 12.4 Å². The summed E-state index contributed by atoms with van der Waals surface area (Å²) in [5.74, 6) is 0. The number of allylic oxidation sites excluding steroid dienone is 1. The molecule has 13 heavy (non-hydrogen) atoms. The van der Waals surface area contributed by atoms with Gasteiger partial charge in [0.1, 0.15) is 6.29 Å². The highest BCUT2D eigenvalue weighted by Crippen LogP contribution is 2.04. The molecule has 0 atom stereocenters. The molecule has 0 fully saturated rings. The summed E-state index contributed by atoms with van der Waals surface area (Å²) in [7, 11) is 0. The number of rotatable bonds is 2. The third-order valence-electron chi connectivity index (χ3n) is 1.41. The molecule has 0 aliphatic heterocycles. The van der Waals surface area contributed by atoms with E-state index in [1.165, 1.54) is 11.6 Å². The van der Waals surface area contributed by atoms with Crippen LogP contribution in [0.2, 0.25) is 0 Å². The maximum Gasteiger partial charge on any atom is 0.142 e. The number of carbonyl (C=O) groups is 1. The molecule has 1 aromatic rings. The zero-order chi connectivity index (χ0) is 10.1.